The molecule has 1 heterocycles. The molecule has 8 heteroatoms. The summed E-state index contributed by atoms with van der Waals surface area (Å²) in [7, 11) is 0. The Labute approximate surface area is 198 Å². The largest absolute Gasteiger partial charge is 0.453 e. The van der Waals surface area contributed by atoms with Gasteiger partial charge in [-0.25, -0.2) is 4.79 Å². The van der Waals surface area contributed by atoms with Crippen LogP contribution in [0.25, 0.3) is 17.0 Å². The van der Waals surface area contributed by atoms with Gasteiger partial charge in [-0.2, -0.15) is 13.2 Å². The maximum absolute atomic E-state index is 13.7. The van der Waals surface area contributed by atoms with Crippen LogP contribution in [0.3, 0.4) is 0 Å². The molecule has 35 heavy (non-hydrogen) atoms. The van der Waals surface area contributed by atoms with Crippen molar-refractivity contribution < 1.29 is 31.9 Å². The molecule has 4 aromatic rings. The lowest BCUT2D eigenvalue weighted by molar-refractivity contribution is -0.154. The molecule has 4 rings (SSSR count). The molecule has 0 unspecified atom stereocenters. The molecule has 0 fully saturated rings. The minimum atomic E-state index is -5.00. The summed E-state index contributed by atoms with van der Waals surface area (Å²) in [4.78, 5) is 25.1. The summed E-state index contributed by atoms with van der Waals surface area (Å²) in [6.07, 6.45) is -2.28. The number of ether oxygens (including phenoxy) is 2. The second-order valence-electron chi connectivity index (χ2n) is 7.83. The van der Waals surface area contributed by atoms with Gasteiger partial charge in [0.25, 0.3) is 5.76 Å². The Morgan fingerprint density at radius 3 is 2.34 bits per heavy atom. The molecule has 0 saturated heterocycles. The van der Waals surface area contributed by atoms with Gasteiger partial charge in [-0.05, 0) is 55.3 Å². The Morgan fingerprint density at radius 2 is 1.66 bits per heavy atom. The molecule has 1 aromatic heterocycles. The Hall–Kier alpha value is -4.33. The van der Waals surface area contributed by atoms with Gasteiger partial charge in [0, 0.05) is 12.1 Å². The average molecular weight is 480 g/mol. The van der Waals surface area contributed by atoms with E-state index in [9.17, 15) is 22.8 Å². The topological polar surface area (TPSA) is 65.7 Å². The van der Waals surface area contributed by atoms with Crippen LogP contribution >= 0.6 is 0 Å². The Kier molecular flexibility index (Phi) is 6.46. The van der Waals surface area contributed by atoms with Crippen molar-refractivity contribution in [2.75, 3.05) is 0 Å². The quantitative estimate of drug-likeness (QED) is 0.178. The third-order valence-electron chi connectivity index (χ3n) is 5.00. The van der Waals surface area contributed by atoms with Crippen molar-refractivity contribution in [2.24, 2.45) is 0 Å². The second-order valence-corrected chi connectivity index (χ2v) is 7.83. The van der Waals surface area contributed by atoms with Crippen molar-refractivity contribution in [1.29, 1.82) is 0 Å². The van der Waals surface area contributed by atoms with E-state index in [-0.39, 0.29) is 16.9 Å². The zero-order valence-electron chi connectivity index (χ0n) is 18.7. The number of hydrogen-bond acceptors (Lipinski definition) is 5. The predicted octanol–water partition coefficient (Wildman–Crippen LogP) is 6.84. The van der Waals surface area contributed by atoms with Gasteiger partial charge in [-0.15, -0.1) is 0 Å². The fourth-order valence-corrected chi connectivity index (χ4v) is 3.29. The van der Waals surface area contributed by atoms with E-state index in [1.807, 2.05) is 31.2 Å². The van der Waals surface area contributed by atoms with Crippen molar-refractivity contribution in [3.63, 3.8) is 0 Å². The van der Waals surface area contributed by atoms with Crippen molar-refractivity contribution in [3.05, 3.63) is 105 Å². The number of halogens is 3. The van der Waals surface area contributed by atoms with E-state index < -0.39 is 34.7 Å². The molecule has 0 saturated carbocycles. The van der Waals surface area contributed by atoms with E-state index in [4.69, 9.17) is 13.9 Å². The highest BCUT2D eigenvalue weighted by Crippen LogP contribution is 2.38. The van der Waals surface area contributed by atoms with Gasteiger partial charge in [0.2, 0.25) is 11.2 Å². The summed E-state index contributed by atoms with van der Waals surface area (Å²) < 4.78 is 56.7. The first-order chi connectivity index (χ1) is 16.6. The summed E-state index contributed by atoms with van der Waals surface area (Å²) in [6, 6.07) is 17.2. The van der Waals surface area contributed by atoms with Crippen molar-refractivity contribution in [2.45, 2.75) is 20.0 Å². The van der Waals surface area contributed by atoms with Crippen LogP contribution in [0.1, 0.15) is 22.5 Å². The predicted molar refractivity (Wildman–Crippen MR) is 125 cm³/mol. The third-order valence-corrected chi connectivity index (χ3v) is 5.00. The number of alkyl halides is 3. The van der Waals surface area contributed by atoms with E-state index in [2.05, 4.69) is 0 Å². The van der Waals surface area contributed by atoms with Crippen LogP contribution in [0.5, 0.6) is 17.2 Å². The van der Waals surface area contributed by atoms with Crippen LogP contribution in [0.15, 0.2) is 82.0 Å². The molecule has 0 aliphatic carbocycles. The molecule has 0 radical (unpaired) electrons. The van der Waals surface area contributed by atoms with Gasteiger partial charge < -0.3 is 13.9 Å². The lowest BCUT2D eigenvalue weighted by Crippen LogP contribution is -2.15. The van der Waals surface area contributed by atoms with Gasteiger partial charge in [0.05, 0.1) is 5.39 Å². The summed E-state index contributed by atoms with van der Waals surface area (Å²) in [5.41, 5.74) is 1.18. The van der Waals surface area contributed by atoms with Crippen LogP contribution in [0.2, 0.25) is 0 Å². The SMILES string of the molecule is Cc1ccc(/C=C/C(=O)Oc2ccc3c(=O)c(Oc4cccc(C)c4)c(C(F)(F)F)oc3c2)cc1. The normalized spacial score (nSPS) is 11.7. The molecule has 0 N–H and O–H groups in total. The lowest BCUT2D eigenvalue weighted by Gasteiger charge is -2.13. The highest BCUT2D eigenvalue weighted by Gasteiger charge is 2.40. The Balaban J connectivity index is 1.66. The number of carbonyl (C=O) groups excluding carboxylic acids is 1. The Bertz CT molecular complexity index is 1480. The number of esters is 1. The van der Waals surface area contributed by atoms with Gasteiger partial charge >= 0.3 is 12.1 Å². The maximum Gasteiger partial charge on any atom is 0.453 e. The van der Waals surface area contributed by atoms with Crippen LogP contribution in [0, 0.1) is 13.8 Å². The minimum Gasteiger partial charge on any atom is -0.449 e. The van der Waals surface area contributed by atoms with Crippen LogP contribution in [-0.2, 0) is 11.0 Å². The molecule has 3 aromatic carbocycles. The molecular weight excluding hydrogens is 461 g/mol. The summed E-state index contributed by atoms with van der Waals surface area (Å²) >= 11 is 0. The van der Waals surface area contributed by atoms with E-state index in [1.54, 1.807) is 25.1 Å². The third kappa shape index (κ3) is 5.60. The van der Waals surface area contributed by atoms with Gasteiger partial charge in [0.1, 0.15) is 17.1 Å². The van der Waals surface area contributed by atoms with Crippen molar-refractivity contribution in [1.82, 2.24) is 0 Å². The fourth-order valence-electron chi connectivity index (χ4n) is 3.29. The van der Waals surface area contributed by atoms with Gasteiger partial charge in [-0.1, -0.05) is 42.0 Å². The number of rotatable bonds is 5. The number of hydrogen-bond donors (Lipinski definition) is 0. The van der Waals surface area contributed by atoms with E-state index in [0.29, 0.717) is 0 Å². The first kappa shape index (κ1) is 23.8. The molecule has 0 aliphatic heterocycles. The summed E-state index contributed by atoms with van der Waals surface area (Å²) in [5.74, 6) is -3.32. The number of fused-ring (bicyclic) bond motifs is 1. The molecule has 0 bridgehead atoms. The lowest BCUT2D eigenvalue weighted by atomic mass is 10.1. The number of aryl methyl sites for hydroxylation is 2. The van der Waals surface area contributed by atoms with Crippen LogP contribution in [-0.4, -0.2) is 5.97 Å². The Morgan fingerprint density at radius 1 is 0.914 bits per heavy atom. The molecule has 0 atom stereocenters. The van der Waals surface area contributed by atoms with Crippen molar-refractivity contribution >= 4 is 23.0 Å². The van der Waals surface area contributed by atoms with Gasteiger partial charge in [0.15, 0.2) is 0 Å². The first-order valence-electron chi connectivity index (χ1n) is 10.5. The average Bonchev–Trinajstić information content (AvgIpc) is 2.80. The zero-order chi connectivity index (χ0) is 25.2. The van der Waals surface area contributed by atoms with E-state index >= 15 is 0 Å². The molecular formula is C27H19F3O5. The number of carbonyl (C=O) groups is 1. The van der Waals surface area contributed by atoms with E-state index in [0.717, 1.165) is 22.8 Å². The molecule has 0 aliphatic rings. The second kappa shape index (κ2) is 9.50. The minimum absolute atomic E-state index is 0.0630. The fraction of sp³-hybridized carbons (Fsp3) is 0.111. The molecule has 5 nitrogen and oxygen atoms in total. The molecule has 0 spiro atoms. The number of benzene rings is 3. The smallest absolute Gasteiger partial charge is 0.449 e. The van der Waals surface area contributed by atoms with E-state index in [1.165, 1.54) is 30.3 Å². The monoisotopic (exact) mass is 480 g/mol. The highest BCUT2D eigenvalue weighted by molar-refractivity contribution is 5.89. The first-order valence-corrected chi connectivity index (χ1v) is 10.5. The van der Waals surface area contributed by atoms with Crippen LogP contribution in [0.4, 0.5) is 13.2 Å². The highest BCUT2D eigenvalue weighted by atomic mass is 19.4. The summed E-state index contributed by atoms with van der Waals surface area (Å²) in [6.45, 7) is 3.67. The molecule has 178 valence electrons. The summed E-state index contributed by atoms with van der Waals surface area (Å²) in [5, 5.41) is -0.157. The van der Waals surface area contributed by atoms with Crippen LogP contribution < -0.4 is 14.9 Å². The van der Waals surface area contributed by atoms with Crippen molar-refractivity contribution in [3.8, 4) is 17.2 Å². The zero-order valence-corrected chi connectivity index (χ0v) is 18.7. The molecule has 0 amide bonds. The van der Waals surface area contributed by atoms with Gasteiger partial charge in [-0.3, -0.25) is 4.79 Å². The standard InChI is InChI=1S/C27H19F3O5/c1-16-6-8-18(9-7-16)10-13-23(31)33-20-11-12-21-22(15-20)35-26(27(28,29)30)25(24(21)32)34-19-5-3-4-17(2)14-19/h3-15H,1-2H3/b13-10+. The maximum atomic E-state index is 13.7.